The second kappa shape index (κ2) is 7.06. The summed E-state index contributed by atoms with van der Waals surface area (Å²) in [5.41, 5.74) is 2.64. The molecule has 0 amide bonds. The van der Waals surface area contributed by atoms with Gasteiger partial charge in [-0.05, 0) is 37.2 Å². The van der Waals surface area contributed by atoms with Gasteiger partial charge in [-0.15, -0.1) is 0 Å². The third-order valence-corrected chi connectivity index (χ3v) is 3.11. The van der Waals surface area contributed by atoms with Crippen molar-refractivity contribution in [2.75, 3.05) is 13.2 Å². The molecular weight excluding hydrogens is 253 g/mol. The van der Waals surface area contributed by atoms with Gasteiger partial charge in [-0.2, -0.15) is 0 Å². The lowest BCUT2D eigenvalue weighted by Crippen LogP contribution is -2.13. The fourth-order valence-electron chi connectivity index (χ4n) is 2.12. The van der Waals surface area contributed by atoms with E-state index in [4.69, 9.17) is 4.74 Å². The average Bonchev–Trinajstić information content (AvgIpc) is 2.47. The minimum Gasteiger partial charge on any atom is -0.493 e. The lowest BCUT2D eigenvalue weighted by atomic mass is 10.0. The van der Waals surface area contributed by atoms with E-state index in [1.54, 1.807) is 6.07 Å². The van der Waals surface area contributed by atoms with E-state index >= 15 is 0 Å². The van der Waals surface area contributed by atoms with Crippen molar-refractivity contribution in [3.63, 3.8) is 0 Å². The van der Waals surface area contributed by atoms with E-state index in [-0.39, 0.29) is 5.82 Å². The van der Waals surface area contributed by atoms with Crippen molar-refractivity contribution in [3.8, 4) is 16.9 Å². The molecule has 1 N–H and O–H groups in total. The molecule has 0 saturated carbocycles. The number of hydrogen-bond acceptors (Lipinski definition) is 2. The van der Waals surface area contributed by atoms with E-state index in [0.717, 1.165) is 23.4 Å². The van der Waals surface area contributed by atoms with Crippen molar-refractivity contribution in [1.82, 2.24) is 5.32 Å². The second-order valence-corrected chi connectivity index (χ2v) is 4.52. The van der Waals surface area contributed by atoms with Gasteiger partial charge in [-0.25, -0.2) is 4.39 Å². The summed E-state index contributed by atoms with van der Waals surface area (Å²) in [6.45, 7) is 5.93. The molecule has 0 spiro atoms. The van der Waals surface area contributed by atoms with Gasteiger partial charge in [0, 0.05) is 17.7 Å². The molecule has 0 unspecified atom stereocenters. The number of hydrogen-bond donors (Lipinski definition) is 1. The summed E-state index contributed by atoms with van der Waals surface area (Å²) in [5, 5.41) is 3.15. The molecular formula is C17H20FNO. The Morgan fingerprint density at radius 2 is 1.90 bits per heavy atom. The molecule has 0 fully saturated rings. The molecule has 2 aromatic rings. The predicted octanol–water partition coefficient (Wildman–Crippen LogP) is 4.00. The highest BCUT2D eigenvalue weighted by Crippen LogP contribution is 2.30. The standard InChI is InChI=1S/C17H20FNO/c1-3-19-12-14-11-13(9-10-16(14)18)15-7-5-6-8-17(15)20-4-2/h5-11,19H,3-4,12H2,1-2H3. The third kappa shape index (κ3) is 3.36. The molecule has 0 aromatic heterocycles. The normalized spacial score (nSPS) is 10.6. The first kappa shape index (κ1) is 14.5. The summed E-state index contributed by atoms with van der Waals surface area (Å²) >= 11 is 0. The first-order chi connectivity index (χ1) is 9.76. The third-order valence-electron chi connectivity index (χ3n) is 3.11. The van der Waals surface area contributed by atoms with Crippen LogP contribution in [0.4, 0.5) is 4.39 Å². The van der Waals surface area contributed by atoms with Crippen molar-refractivity contribution >= 4 is 0 Å². The van der Waals surface area contributed by atoms with Crippen molar-refractivity contribution in [3.05, 3.63) is 53.8 Å². The summed E-state index contributed by atoms with van der Waals surface area (Å²) in [6, 6.07) is 13.0. The zero-order valence-electron chi connectivity index (χ0n) is 11.9. The number of rotatable bonds is 6. The Balaban J connectivity index is 2.37. The highest BCUT2D eigenvalue weighted by atomic mass is 19.1. The van der Waals surface area contributed by atoms with Crippen LogP contribution in [0.2, 0.25) is 0 Å². The Morgan fingerprint density at radius 3 is 2.65 bits per heavy atom. The van der Waals surface area contributed by atoms with Gasteiger partial charge in [0.25, 0.3) is 0 Å². The van der Waals surface area contributed by atoms with Crippen LogP contribution in [-0.4, -0.2) is 13.2 Å². The molecule has 0 bridgehead atoms. The Bertz CT molecular complexity index is 569. The van der Waals surface area contributed by atoms with Crippen LogP contribution in [0.1, 0.15) is 19.4 Å². The molecule has 3 heteroatoms. The quantitative estimate of drug-likeness (QED) is 0.859. The highest BCUT2D eigenvalue weighted by Gasteiger charge is 2.08. The van der Waals surface area contributed by atoms with Crippen molar-refractivity contribution in [2.45, 2.75) is 20.4 Å². The minimum atomic E-state index is -0.177. The number of ether oxygens (including phenoxy) is 1. The molecule has 2 aromatic carbocycles. The van der Waals surface area contributed by atoms with Gasteiger partial charge in [0.15, 0.2) is 0 Å². The molecule has 106 valence electrons. The lowest BCUT2D eigenvalue weighted by Gasteiger charge is -2.12. The van der Waals surface area contributed by atoms with Gasteiger partial charge in [0.1, 0.15) is 11.6 Å². The second-order valence-electron chi connectivity index (χ2n) is 4.52. The number of halogens is 1. The molecule has 0 aliphatic carbocycles. The maximum Gasteiger partial charge on any atom is 0.127 e. The molecule has 0 aliphatic heterocycles. The van der Waals surface area contributed by atoms with Gasteiger partial charge < -0.3 is 10.1 Å². The zero-order chi connectivity index (χ0) is 14.4. The molecule has 20 heavy (non-hydrogen) atoms. The maximum absolute atomic E-state index is 13.8. The van der Waals surface area contributed by atoms with Crippen LogP contribution in [-0.2, 0) is 6.54 Å². The Hall–Kier alpha value is -1.87. The van der Waals surface area contributed by atoms with E-state index in [9.17, 15) is 4.39 Å². The van der Waals surface area contributed by atoms with E-state index in [2.05, 4.69) is 5.32 Å². The molecule has 0 radical (unpaired) electrons. The Labute approximate surface area is 119 Å². The molecule has 2 rings (SSSR count). The van der Waals surface area contributed by atoms with Gasteiger partial charge in [0.2, 0.25) is 0 Å². The van der Waals surface area contributed by atoms with Crippen LogP contribution in [0, 0.1) is 5.82 Å². The van der Waals surface area contributed by atoms with Crippen LogP contribution in [0.25, 0.3) is 11.1 Å². The molecule has 2 nitrogen and oxygen atoms in total. The monoisotopic (exact) mass is 273 g/mol. The Morgan fingerprint density at radius 1 is 1.10 bits per heavy atom. The van der Waals surface area contributed by atoms with Gasteiger partial charge >= 0.3 is 0 Å². The molecule has 0 atom stereocenters. The fraction of sp³-hybridized carbons (Fsp3) is 0.294. The van der Waals surface area contributed by atoms with Crippen LogP contribution >= 0.6 is 0 Å². The van der Waals surface area contributed by atoms with E-state index in [0.29, 0.717) is 18.7 Å². The zero-order valence-corrected chi connectivity index (χ0v) is 11.9. The van der Waals surface area contributed by atoms with Gasteiger partial charge in [-0.1, -0.05) is 31.2 Å². The van der Waals surface area contributed by atoms with Gasteiger partial charge in [0.05, 0.1) is 6.61 Å². The van der Waals surface area contributed by atoms with Crippen LogP contribution in [0.5, 0.6) is 5.75 Å². The molecule has 0 heterocycles. The van der Waals surface area contributed by atoms with E-state index in [1.807, 2.05) is 44.2 Å². The lowest BCUT2D eigenvalue weighted by molar-refractivity contribution is 0.341. The summed E-state index contributed by atoms with van der Waals surface area (Å²) in [6.07, 6.45) is 0. The van der Waals surface area contributed by atoms with Crippen LogP contribution in [0.15, 0.2) is 42.5 Å². The van der Waals surface area contributed by atoms with Crippen LogP contribution in [0.3, 0.4) is 0 Å². The van der Waals surface area contributed by atoms with Gasteiger partial charge in [-0.3, -0.25) is 0 Å². The van der Waals surface area contributed by atoms with E-state index in [1.165, 1.54) is 6.07 Å². The number of para-hydroxylation sites is 1. The summed E-state index contributed by atoms with van der Waals surface area (Å²) in [5.74, 6) is 0.652. The summed E-state index contributed by atoms with van der Waals surface area (Å²) < 4.78 is 19.4. The van der Waals surface area contributed by atoms with Crippen LogP contribution < -0.4 is 10.1 Å². The SMILES string of the molecule is CCNCc1cc(-c2ccccc2OCC)ccc1F. The average molecular weight is 273 g/mol. The predicted molar refractivity (Wildman–Crippen MR) is 80.4 cm³/mol. The smallest absolute Gasteiger partial charge is 0.127 e. The Kier molecular flexibility index (Phi) is 5.13. The minimum absolute atomic E-state index is 0.177. The first-order valence-electron chi connectivity index (χ1n) is 6.97. The molecule has 0 aliphatic rings. The van der Waals surface area contributed by atoms with Crippen molar-refractivity contribution < 1.29 is 9.13 Å². The summed E-state index contributed by atoms with van der Waals surface area (Å²) in [7, 11) is 0. The maximum atomic E-state index is 13.8. The largest absolute Gasteiger partial charge is 0.493 e. The van der Waals surface area contributed by atoms with Crippen molar-refractivity contribution in [1.29, 1.82) is 0 Å². The summed E-state index contributed by atoms with van der Waals surface area (Å²) in [4.78, 5) is 0. The first-order valence-corrected chi connectivity index (χ1v) is 6.97. The van der Waals surface area contributed by atoms with E-state index < -0.39 is 0 Å². The fourth-order valence-corrected chi connectivity index (χ4v) is 2.12. The number of benzene rings is 2. The molecule has 0 saturated heterocycles. The number of nitrogens with one attached hydrogen (secondary N) is 1. The van der Waals surface area contributed by atoms with Crippen molar-refractivity contribution in [2.24, 2.45) is 0 Å². The topological polar surface area (TPSA) is 21.3 Å². The highest BCUT2D eigenvalue weighted by molar-refractivity contribution is 5.71.